The molecule has 4 rings (SSSR count). The summed E-state index contributed by atoms with van der Waals surface area (Å²) in [6.07, 6.45) is 3.50. The van der Waals surface area contributed by atoms with Gasteiger partial charge in [-0.05, 0) is 53.1 Å². The van der Waals surface area contributed by atoms with Crippen molar-refractivity contribution in [1.29, 1.82) is 0 Å². The number of halogens is 1. The molecule has 0 unspecified atom stereocenters. The smallest absolute Gasteiger partial charge is 0.228 e. The van der Waals surface area contributed by atoms with Crippen molar-refractivity contribution in [3.8, 4) is 5.75 Å². The molecule has 0 saturated carbocycles. The summed E-state index contributed by atoms with van der Waals surface area (Å²) in [5.41, 5.74) is 1.68. The van der Waals surface area contributed by atoms with Gasteiger partial charge < -0.3 is 14.6 Å². The number of nitrogens with zero attached hydrogens (tertiary/aromatic N) is 2. The Labute approximate surface area is 180 Å². The number of hydrogen-bond acceptors (Lipinski definition) is 3. The predicted molar refractivity (Wildman–Crippen MR) is 119 cm³/mol. The lowest BCUT2D eigenvalue weighted by molar-refractivity contribution is -0.122. The van der Waals surface area contributed by atoms with Crippen LogP contribution in [0.2, 0.25) is 0 Å². The molecular formula is C25H24FN3O2. The van der Waals surface area contributed by atoms with Crippen molar-refractivity contribution in [2.24, 2.45) is 7.05 Å². The SMILES string of the molecule is COc1ccc2cc([C@@H](C)C(=O)N[C@@H](c3ccc(F)cc3)c3nccn3C)ccc2c1. The maximum absolute atomic E-state index is 13.4. The number of amides is 1. The van der Waals surface area contributed by atoms with Crippen molar-refractivity contribution in [2.45, 2.75) is 18.9 Å². The third-order valence-electron chi connectivity index (χ3n) is 5.57. The second-order valence-electron chi connectivity index (χ2n) is 7.58. The number of nitrogens with one attached hydrogen (secondary N) is 1. The van der Waals surface area contributed by atoms with E-state index in [1.54, 1.807) is 25.4 Å². The third-order valence-corrected chi connectivity index (χ3v) is 5.57. The van der Waals surface area contributed by atoms with E-state index in [0.29, 0.717) is 5.82 Å². The van der Waals surface area contributed by atoms with Crippen LogP contribution in [-0.4, -0.2) is 22.6 Å². The highest BCUT2D eigenvalue weighted by Gasteiger charge is 2.24. The van der Waals surface area contributed by atoms with Gasteiger partial charge in [0.25, 0.3) is 0 Å². The van der Waals surface area contributed by atoms with Gasteiger partial charge in [-0.2, -0.15) is 0 Å². The molecule has 1 heterocycles. The largest absolute Gasteiger partial charge is 0.497 e. The summed E-state index contributed by atoms with van der Waals surface area (Å²) < 4.78 is 20.6. The van der Waals surface area contributed by atoms with Crippen molar-refractivity contribution in [2.75, 3.05) is 7.11 Å². The first-order valence-corrected chi connectivity index (χ1v) is 10.1. The van der Waals surface area contributed by atoms with Gasteiger partial charge in [-0.1, -0.05) is 36.4 Å². The number of methoxy groups -OCH3 is 1. The summed E-state index contributed by atoms with van der Waals surface area (Å²) in [7, 11) is 3.51. The fourth-order valence-corrected chi connectivity index (χ4v) is 3.66. The normalized spacial score (nSPS) is 13.0. The first-order valence-electron chi connectivity index (χ1n) is 10.1. The van der Waals surface area contributed by atoms with Gasteiger partial charge in [0.1, 0.15) is 23.4 Å². The van der Waals surface area contributed by atoms with Crippen molar-refractivity contribution in [3.05, 3.63) is 95.8 Å². The van der Waals surface area contributed by atoms with Gasteiger partial charge in [-0.3, -0.25) is 4.79 Å². The summed E-state index contributed by atoms with van der Waals surface area (Å²) in [6.45, 7) is 1.88. The topological polar surface area (TPSA) is 56.1 Å². The molecule has 6 heteroatoms. The molecule has 3 aromatic carbocycles. The first kappa shape index (κ1) is 20.6. The predicted octanol–water partition coefficient (Wildman–Crippen LogP) is 4.73. The quantitative estimate of drug-likeness (QED) is 0.493. The average molecular weight is 417 g/mol. The molecule has 1 amide bonds. The molecule has 0 radical (unpaired) electrons. The second-order valence-corrected chi connectivity index (χ2v) is 7.58. The highest BCUT2D eigenvalue weighted by Crippen LogP contribution is 2.27. The molecule has 2 atom stereocenters. The van der Waals surface area contributed by atoms with Gasteiger partial charge in [0.05, 0.1) is 13.0 Å². The van der Waals surface area contributed by atoms with E-state index < -0.39 is 6.04 Å². The molecular weight excluding hydrogens is 393 g/mol. The molecule has 0 aliphatic carbocycles. The molecule has 0 spiro atoms. The highest BCUT2D eigenvalue weighted by atomic mass is 19.1. The van der Waals surface area contributed by atoms with Gasteiger partial charge in [-0.25, -0.2) is 9.37 Å². The molecule has 0 saturated heterocycles. The van der Waals surface area contributed by atoms with Crippen LogP contribution in [0.15, 0.2) is 73.1 Å². The zero-order valence-electron chi connectivity index (χ0n) is 17.7. The van der Waals surface area contributed by atoms with Crippen LogP contribution in [0.4, 0.5) is 4.39 Å². The number of imidazole rings is 1. The summed E-state index contributed by atoms with van der Waals surface area (Å²) >= 11 is 0. The van der Waals surface area contributed by atoms with Gasteiger partial charge in [0.15, 0.2) is 0 Å². The van der Waals surface area contributed by atoms with Gasteiger partial charge in [0.2, 0.25) is 5.91 Å². The Morgan fingerprint density at radius 3 is 2.39 bits per heavy atom. The first-order chi connectivity index (χ1) is 15.0. The van der Waals surface area contributed by atoms with Crippen LogP contribution in [0, 0.1) is 5.82 Å². The number of hydrogen-bond donors (Lipinski definition) is 1. The molecule has 31 heavy (non-hydrogen) atoms. The van der Waals surface area contributed by atoms with Crippen LogP contribution in [0.3, 0.4) is 0 Å². The van der Waals surface area contributed by atoms with Gasteiger partial charge in [0, 0.05) is 19.4 Å². The Kier molecular flexibility index (Phi) is 5.71. The van der Waals surface area contributed by atoms with Crippen LogP contribution in [0.25, 0.3) is 10.8 Å². The van der Waals surface area contributed by atoms with E-state index in [-0.39, 0.29) is 17.6 Å². The van der Waals surface area contributed by atoms with Gasteiger partial charge >= 0.3 is 0 Å². The van der Waals surface area contributed by atoms with E-state index in [4.69, 9.17) is 4.74 Å². The van der Waals surface area contributed by atoms with E-state index in [2.05, 4.69) is 10.3 Å². The number of fused-ring (bicyclic) bond motifs is 1. The molecule has 5 nitrogen and oxygen atoms in total. The number of carbonyl (C=O) groups excluding carboxylic acids is 1. The fourth-order valence-electron chi connectivity index (χ4n) is 3.66. The summed E-state index contributed by atoms with van der Waals surface area (Å²) in [5.74, 6) is 0.635. The van der Waals surface area contributed by atoms with Crippen LogP contribution in [0.5, 0.6) is 5.75 Å². The summed E-state index contributed by atoms with van der Waals surface area (Å²) in [6, 6.07) is 17.5. The number of rotatable bonds is 6. The number of aryl methyl sites for hydroxylation is 1. The lowest BCUT2D eigenvalue weighted by Crippen LogP contribution is -2.34. The average Bonchev–Trinajstić information content (AvgIpc) is 3.22. The molecule has 1 N–H and O–H groups in total. The lowest BCUT2D eigenvalue weighted by Gasteiger charge is -2.22. The zero-order chi connectivity index (χ0) is 22.0. The standard InChI is InChI=1S/C25H24FN3O2/c1-16(18-4-5-20-15-22(31-3)11-8-19(20)14-18)25(30)28-23(24-27-12-13-29(24)2)17-6-9-21(26)10-7-17/h4-16,23H,1-3H3,(H,28,30)/t16-,23+/m1/s1. The van der Waals surface area contributed by atoms with Crippen LogP contribution < -0.4 is 10.1 Å². The maximum atomic E-state index is 13.4. The molecule has 1 aromatic heterocycles. The molecule has 4 aromatic rings. The Balaban J connectivity index is 1.61. The lowest BCUT2D eigenvalue weighted by atomic mass is 9.96. The minimum Gasteiger partial charge on any atom is -0.497 e. The summed E-state index contributed by atoms with van der Waals surface area (Å²) in [5, 5.41) is 5.18. The Morgan fingerprint density at radius 2 is 1.71 bits per heavy atom. The van der Waals surface area contributed by atoms with E-state index >= 15 is 0 Å². The van der Waals surface area contributed by atoms with Crippen molar-refractivity contribution in [3.63, 3.8) is 0 Å². The van der Waals surface area contributed by atoms with Crippen molar-refractivity contribution < 1.29 is 13.9 Å². The van der Waals surface area contributed by atoms with Crippen LogP contribution in [-0.2, 0) is 11.8 Å². The molecule has 0 fully saturated rings. The maximum Gasteiger partial charge on any atom is 0.228 e. The molecule has 0 aliphatic rings. The van der Waals surface area contributed by atoms with E-state index in [0.717, 1.165) is 27.6 Å². The Hall–Kier alpha value is -3.67. The van der Waals surface area contributed by atoms with Crippen LogP contribution >= 0.6 is 0 Å². The molecule has 158 valence electrons. The van der Waals surface area contributed by atoms with E-state index in [1.165, 1.54) is 12.1 Å². The summed E-state index contributed by atoms with van der Waals surface area (Å²) in [4.78, 5) is 17.6. The zero-order valence-corrected chi connectivity index (χ0v) is 17.7. The number of benzene rings is 3. The molecule has 0 aliphatic heterocycles. The highest BCUT2D eigenvalue weighted by molar-refractivity contribution is 5.88. The number of ether oxygens (including phenoxy) is 1. The number of carbonyl (C=O) groups is 1. The molecule has 0 bridgehead atoms. The van der Waals surface area contributed by atoms with Crippen molar-refractivity contribution in [1.82, 2.24) is 14.9 Å². The van der Waals surface area contributed by atoms with E-state index in [1.807, 2.05) is 61.1 Å². The van der Waals surface area contributed by atoms with E-state index in [9.17, 15) is 9.18 Å². The third kappa shape index (κ3) is 4.28. The van der Waals surface area contributed by atoms with Gasteiger partial charge in [-0.15, -0.1) is 0 Å². The minimum atomic E-state index is -0.486. The Morgan fingerprint density at radius 1 is 1.03 bits per heavy atom. The van der Waals surface area contributed by atoms with Crippen LogP contribution in [0.1, 0.15) is 35.8 Å². The second kappa shape index (κ2) is 8.60. The minimum absolute atomic E-state index is 0.134. The Bertz CT molecular complexity index is 1220. The van der Waals surface area contributed by atoms with Crippen molar-refractivity contribution >= 4 is 16.7 Å². The number of aromatic nitrogens is 2. The fraction of sp³-hybridized carbons (Fsp3) is 0.200. The monoisotopic (exact) mass is 417 g/mol.